The maximum Gasteiger partial charge on any atom is 0.161 e. The highest BCUT2D eigenvalue weighted by Crippen LogP contribution is 2.39. The van der Waals surface area contributed by atoms with Gasteiger partial charge in [-0.15, -0.1) is 0 Å². The molecule has 3 heteroatoms. The van der Waals surface area contributed by atoms with E-state index in [4.69, 9.17) is 0 Å². The largest absolute Gasteiger partial charge is 0.504 e. The van der Waals surface area contributed by atoms with Crippen LogP contribution in [0.2, 0.25) is 0 Å². The molecular formula is C11H15NO2. The summed E-state index contributed by atoms with van der Waals surface area (Å²) in [6, 6.07) is 3.76. The molecule has 0 spiro atoms. The van der Waals surface area contributed by atoms with Crippen LogP contribution in [-0.2, 0) is 6.42 Å². The summed E-state index contributed by atoms with van der Waals surface area (Å²) >= 11 is 0. The molecule has 0 amide bonds. The Labute approximate surface area is 83.4 Å². The summed E-state index contributed by atoms with van der Waals surface area (Å²) in [7, 11) is 1.92. The Morgan fingerprint density at radius 1 is 1.36 bits per heavy atom. The number of fused-ring (bicyclic) bond motifs is 1. The van der Waals surface area contributed by atoms with Gasteiger partial charge in [0.25, 0.3) is 0 Å². The monoisotopic (exact) mass is 193 g/mol. The van der Waals surface area contributed by atoms with Gasteiger partial charge in [-0.05, 0) is 37.9 Å². The van der Waals surface area contributed by atoms with Crippen LogP contribution < -0.4 is 5.32 Å². The van der Waals surface area contributed by atoms with Crippen LogP contribution in [0.3, 0.4) is 0 Å². The second kappa shape index (κ2) is 3.50. The Morgan fingerprint density at radius 3 is 2.86 bits per heavy atom. The number of rotatable bonds is 1. The quantitative estimate of drug-likeness (QED) is 0.595. The molecule has 0 fully saturated rings. The van der Waals surface area contributed by atoms with E-state index in [1.165, 1.54) is 0 Å². The average Bonchev–Trinajstić information content (AvgIpc) is 2.23. The summed E-state index contributed by atoms with van der Waals surface area (Å²) in [5.41, 5.74) is 2.02. The van der Waals surface area contributed by atoms with Crippen molar-refractivity contribution >= 4 is 0 Å². The number of aromatic hydroxyl groups is 2. The second-order valence-corrected chi connectivity index (χ2v) is 3.73. The highest BCUT2D eigenvalue weighted by molar-refractivity contribution is 5.50. The van der Waals surface area contributed by atoms with Gasteiger partial charge in [0.05, 0.1) is 0 Å². The molecule has 3 nitrogen and oxygen atoms in total. The van der Waals surface area contributed by atoms with Crippen LogP contribution in [0.5, 0.6) is 11.5 Å². The molecule has 0 aromatic heterocycles. The number of hydrogen-bond acceptors (Lipinski definition) is 3. The van der Waals surface area contributed by atoms with E-state index in [2.05, 4.69) is 5.32 Å². The molecule has 1 atom stereocenters. The normalized spacial score (nSPS) is 20.5. The van der Waals surface area contributed by atoms with Crippen molar-refractivity contribution < 1.29 is 10.2 Å². The van der Waals surface area contributed by atoms with Crippen LogP contribution in [-0.4, -0.2) is 17.3 Å². The Morgan fingerprint density at radius 2 is 2.14 bits per heavy atom. The highest BCUT2D eigenvalue weighted by atomic mass is 16.3. The van der Waals surface area contributed by atoms with Crippen LogP contribution in [0.15, 0.2) is 12.1 Å². The minimum Gasteiger partial charge on any atom is -0.504 e. The van der Waals surface area contributed by atoms with E-state index in [9.17, 15) is 10.2 Å². The number of phenols is 2. The Hall–Kier alpha value is -1.22. The van der Waals surface area contributed by atoms with Crippen LogP contribution in [0, 0.1) is 0 Å². The molecule has 1 aliphatic carbocycles. The van der Waals surface area contributed by atoms with Crippen LogP contribution in [0.25, 0.3) is 0 Å². The van der Waals surface area contributed by atoms with Gasteiger partial charge in [0.2, 0.25) is 0 Å². The molecule has 1 aromatic carbocycles. The van der Waals surface area contributed by atoms with E-state index >= 15 is 0 Å². The summed E-state index contributed by atoms with van der Waals surface area (Å²) in [6.45, 7) is 0. The molecule has 3 N–H and O–H groups in total. The van der Waals surface area contributed by atoms with E-state index in [0.29, 0.717) is 6.04 Å². The SMILES string of the molecule is CNC1CCCc2c1ccc(O)c2O. The smallest absolute Gasteiger partial charge is 0.161 e. The lowest BCUT2D eigenvalue weighted by molar-refractivity contribution is 0.390. The minimum absolute atomic E-state index is 0.0134. The van der Waals surface area contributed by atoms with Gasteiger partial charge in [-0.3, -0.25) is 0 Å². The summed E-state index contributed by atoms with van der Waals surface area (Å²) in [5.74, 6) is 0.0444. The number of hydrogen-bond donors (Lipinski definition) is 3. The van der Waals surface area contributed by atoms with Gasteiger partial charge in [0.15, 0.2) is 11.5 Å². The van der Waals surface area contributed by atoms with E-state index in [1.807, 2.05) is 13.1 Å². The lowest BCUT2D eigenvalue weighted by Crippen LogP contribution is -2.21. The molecule has 0 heterocycles. The minimum atomic E-state index is -0.0134. The first-order valence-corrected chi connectivity index (χ1v) is 4.95. The first-order valence-electron chi connectivity index (χ1n) is 4.95. The highest BCUT2D eigenvalue weighted by Gasteiger charge is 2.22. The standard InChI is InChI=1S/C11H15NO2/c1-12-9-4-2-3-8-7(9)5-6-10(13)11(8)14/h5-6,9,12-14H,2-4H2,1H3. The van der Waals surface area contributed by atoms with E-state index in [1.54, 1.807) is 6.07 Å². The zero-order valence-electron chi connectivity index (χ0n) is 8.25. The molecule has 0 bridgehead atoms. The van der Waals surface area contributed by atoms with Crippen molar-refractivity contribution in [1.29, 1.82) is 0 Å². The molecule has 14 heavy (non-hydrogen) atoms. The average molecular weight is 193 g/mol. The fourth-order valence-corrected chi connectivity index (χ4v) is 2.17. The predicted octanol–water partition coefficient (Wildman–Crippen LogP) is 1.69. The van der Waals surface area contributed by atoms with E-state index < -0.39 is 0 Å². The van der Waals surface area contributed by atoms with Crippen molar-refractivity contribution in [2.24, 2.45) is 0 Å². The molecule has 2 rings (SSSR count). The van der Waals surface area contributed by atoms with Gasteiger partial charge in [-0.25, -0.2) is 0 Å². The van der Waals surface area contributed by atoms with E-state index in [-0.39, 0.29) is 11.5 Å². The number of benzene rings is 1. The van der Waals surface area contributed by atoms with Crippen molar-refractivity contribution in [1.82, 2.24) is 5.32 Å². The third-order valence-electron chi connectivity index (χ3n) is 2.94. The topological polar surface area (TPSA) is 52.5 Å². The Kier molecular flexibility index (Phi) is 2.33. The molecule has 0 saturated carbocycles. The van der Waals surface area contributed by atoms with E-state index in [0.717, 1.165) is 30.4 Å². The molecule has 1 aromatic rings. The number of phenolic OH excluding ortho intramolecular Hbond substituents is 2. The zero-order chi connectivity index (χ0) is 10.1. The van der Waals surface area contributed by atoms with Crippen LogP contribution in [0.1, 0.15) is 30.0 Å². The summed E-state index contributed by atoms with van der Waals surface area (Å²) in [4.78, 5) is 0. The van der Waals surface area contributed by atoms with Crippen molar-refractivity contribution in [3.63, 3.8) is 0 Å². The molecule has 76 valence electrons. The van der Waals surface area contributed by atoms with Gasteiger partial charge in [0, 0.05) is 11.6 Å². The first kappa shape index (κ1) is 9.34. The first-order chi connectivity index (χ1) is 6.74. The maximum atomic E-state index is 9.68. The maximum absolute atomic E-state index is 9.68. The van der Waals surface area contributed by atoms with Crippen molar-refractivity contribution in [2.75, 3.05) is 7.05 Å². The summed E-state index contributed by atoms with van der Waals surface area (Å²) in [6.07, 6.45) is 3.00. The van der Waals surface area contributed by atoms with Gasteiger partial charge >= 0.3 is 0 Å². The third kappa shape index (κ3) is 1.34. The second-order valence-electron chi connectivity index (χ2n) is 3.73. The van der Waals surface area contributed by atoms with Crippen molar-refractivity contribution in [3.8, 4) is 11.5 Å². The lowest BCUT2D eigenvalue weighted by atomic mass is 9.87. The molecule has 0 aliphatic heterocycles. The molecule has 0 saturated heterocycles. The van der Waals surface area contributed by atoms with Crippen molar-refractivity contribution in [3.05, 3.63) is 23.3 Å². The van der Waals surface area contributed by atoms with Gasteiger partial charge in [-0.2, -0.15) is 0 Å². The Balaban J connectivity index is 2.50. The molecule has 1 unspecified atom stereocenters. The molecule has 1 aliphatic rings. The van der Waals surface area contributed by atoms with Gasteiger partial charge in [-0.1, -0.05) is 6.07 Å². The third-order valence-corrected chi connectivity index (χ3v) is 2.94. The molecular weight excluding hydrogens is 178 g/mol. The van der Waals surface area contributed by atoms with Crippen LogP contribution >= 0.6 is 0 Å². The van der Waals surface area contributed by atoms with Gasteiger partial charge < -0.3 is 15.5 Å². The van der Waals surface area contributed by atoms with Gasteiger partial charge in [0.1, 0.15) is 0 Å². The fourth-order valence-electron chi connectivity index (χ4n) is 2.17. The van der Waals surface area contributed by atoms with Crippen LogP contribution in [0.4, 0.5) is 0 Å². The lowest BCUT2D eigenvalue weighted by Gasteiger charge is -2.25. The molecule has 0 radical (unpaired) electrons. The Bertz CT molecular complexity index is 349. The summed E-state index contributed by atoms with van der Waals surface area (Å²) in [5, 5.41) is 22.3. The zero-order valence-corrected chi connectivity index (χ0v) is 8.25. The van der Waals surface area contributed by atoms with Crippen molar-refractivity contribution in [2.45, 2.75) is 25.3 Å². The fraction of sp³-hybridized carbons (Fsp3) is 0.455. The number of nitrogens with one attached hydrogen (secondary N) is 1. The summed E-state index contributed by atoms with van der Waals surface area (Å²) < 4.78 is 0. The predicted molar refractivity (Wildman–Crippen MR) is 54.5 cm³/mol.